The highest BCUT2D eigenvalue weighted by molar-refractivity contribution is 5.83. The number of benzene rings is 2. The standard InChI is InChI=1S/C33H36N4O/c1-33(2,3)24-19-26(37-23-36(25-11-5-4-6-12-25)31-14-7-8-15-32(31)37)21-28(20-24)38-27-16-18-35-30(22-27)29-13-9-10-17-34-29/h7-10,13-22,25H,4-6,11-12,23H2,1-3H3. The molecule has 0 bridgehead atoms. The molecule has 3 heterocycles. The van der Waals surface area contributed by atoms with E-state index in [1.807, 2.05) is 30.3 Å². The Morgan fingerprint density at radius 3 is 2.26 bits per heavy atom. The molecule has 194 valence electrons. The molecule has 5 heteroatoms. The number of anilines is 3. The molecule has 0 spiro atoms. The minimum absolute atomic E-state index is 0.0201. The molecular weight excluding hydrogens is 468 g/mol. The van der Waals surface area contributed by atoms with Gasteiger partial charge in [0.25, 0.3) is 0 Å². The van der Waals surface area contributed by atoms with Gasteiger partial charge in [0, 0.05) is 36.3 Å². The van der Waals surface area contributed by atoms with Crippen molar-refractivity contribution < 1.29 is 4.74 Å². The molecule has 2 aliphatic rings. The maximum Gasteiger partial charge on any atom is 0.131 e. The Morgan fingerprint density at radius 2 is 1.50 bits per heavy atom. The third-order valence-electron chi connectivity index (χ3n) is 7.75. The van der Waals surface area contributed by atoms with Gasteiger partial charge >= 0.3 is 0 Å². The van der Waals surface area contributed by atoms with Crippen LogP contribution >= 0.6 is 0 Å². The van der Waals surface area contributed by atoms with Crippen molar-refractivity contribution in [2.75, 3.05) is 16.5 Å². The Hall–Kier alpha value is -3.86. The van der Waals surface area contributed by atoms with Gasteiger partial charge in [-0.15, -0.1) is 0 Å². The number of hydrogen-bond donors (Lipinski definition) is 0. The van der Waals surface area contributed by atoms with Gasteiger partial charge in [-0.25, -0.2) is 0 Å². The number of nitrogens with zero attached hydrogens (tertiary/aromatic N) is 4. The highest BCUT2D eigenvalue weighted by Crippen LogP contribution is 2.45. The Kier molecular flexibility index (Phi) is 6.52. The second-order valence-electron chi connectivity index (χ2n) is 11.5. The van der Waals surface area contributed by atoms with E-state index in [2.05, 4.69) is 83.0 Å². The molecule has 0 radical (unpaired) electrons. The highest BCUT2D eigenvalue weighted by atomic mass is 16.5. The largest absolute Gasteiger partial charge is 0.457 e. The first kappa shape index (κ1) is 24.5. The van der Waals surface area contributed by atoms with Crippen molar-refractivity contribution in [3.8, 4) is 22.9 Å². The summed E-state index contributed by atoms with van der Waals surface area (Å²) >= 11 is 0. The van der Waals surface area contributed by atoms with Crippen LogP contribution in [-0.2, 0) is 5.41 Å². The monoisotopic (exact) mass is 504 g/mol. The first-order valence-corrected chi connectivity index (χ1v) is 13.8. The van der Waals surface area contributed by atoms with Crippen LogP contribution in [0.1, 0.15) is 58.4 Å². The van der Waals surface area contributed by atoms with Gasteiger partial charge in [0.2, 0.25) is 0 Å². The fraction of sp³-hybridized carbons (Fsp3) is 0.333. The summed E-state index contributed by atoms with van der Waals surface area (Å²) in [5.74, 6) is 1.59. The van der Waals surface area contributed by atoms with Crippen LogP contribution in [-0.4, -0.2) is 22.7 Å². The van der Waals surface area contributed by atoms with E-state index in [0.29, 0.717) is 6.04 Å². The van der Waals surface area contributed by atoms with Gasteiger partial charge in [-0.2, -0.15) is 0 Å². The maximum absolute atomic E-state index is 6.50. The van der Waals surface area contributed by atoms with Crippen LogP contribution in [0.2, 0.25) is 0 Å². The molecule has 0 saturated heterocycles. The van der Waals surface area contributed by atoms with Crippen LogP contribution < -0.4 is 14.5 Å². The van der Waals surface area contributed by atoms with Gasteiger partial charge in [-0.3, -0.25) is 9.97 Å². The van der Waals surface area contributed by atoms with E-state index in [1.54, 1.807) is 12.4 Å². The first-order chi connectivity index (χ1) is 18.5. The van der Waals surface area contributed by atoms with Crippen molar-refractivity contribution in [3.63, 3.8) is 0 Å². The zero-order valence-corrected chi connectivity index (χ0v) is 22.6. The summed E-state index contributed by atoms with van der Waals surface area (Å²) in [6.45, 7) is 7.64. The van der Waals surface area contributed by atoms with Gasteiger partial charge in [0.1, 0.15) is 11.5 Å². The molecule has 0 atom stereocenters. The number of para-hydroxylation sites is 2. The second-order valence-corrected chi connectivity index (χ2v) is 11.5. The van der Waals surface area contributed by atoms with E-state index in [1.165, 1.54) is 49.0 Å². The zero-order chi connectivity index (χ0) is 26.1. The van der Waals surface area contributed by atoms with Crippen molar-refractivity contribution in [2.45, 2.75) is 64.3 Å². The van der Waals surface area contributed by atoms with Gasteiger partial charge in [0.15, 0.2) is 0 Å². The third kappa shape index (κ3) is 4.98. The molecule has 1 aliphatic heterocycles. The molecule has 6 rings (SSSR count). The van der Waals surface area contributed by atoms with Gasteiger partial charge in [0.05, 0.1) is 29.4 Å². The van der Waals surface area contributed by atoms with Gasteiger partial charge < -0.3 is 14.5 Å². The quantitative estimate of drug-likeness (QED) is 0.273. The molecule has 4 aromatic rings. The minimum Gasteiger partial charge on any atom is -0.457 e. The van der Waals surface area contributed by atoms with Crippen LogP contribution in [0.3, 0.4) is 0 Å². The Labute approximate surface area is 226 Å². The predicted molar refractivity (Wildman–Crippen MR) is 155 cm³/mol. The number of aromatic nitrogens is 2. The van der Waals surface area contributed by atoms with Crippen molar-refractivity contribution in [2.24, 2.45) is 0 Å². The van der Waals surface area contributed by atoms with Crippen molar-refractivity contribution >= 4 is 17.1 Å². The zero-order valence-electron chi connectivity index (χ0n) is 22.6. The lowest BCUT2D eigenvalue weighted by molar-refractivity contribution is 0.420. The molecule has 5 nitrogen and oxygen atoms in total. The molecule has 1 fully saturated rings. The topological polar surface area (TPSA) is 41.5 Å². The molecular formula is C33H36N4O. The number of fused-ring (bicyclic) bond motifs is 1. The van der Waals surface area contributed by atoms with E-state index < -0.39 is 0 Å². The Balaban J connectivity index is 1.36. The van der Waals surface area contributed by atoms with E-state index in [4.69, 9.17) is 4.74 Å². The number of rotatable bonds is 5. The Morgan fingerprint density at radius 1 is 0.737 bits per heavy atom. The van der Waals surface area contributed by atoms with E-state index in [0.717, 1.165) is 35.2 Å². The molecule has 1 saturated carbocycles. The summed E-state index contributed by atoms with van der Waals surface area (Å²) < 4.78 is 6.50. The Bertz CT molecular complexity index is 1410. The van der Waals surface area contributed by atoms with E-state index in [9.17, 15) is 0 Å². The van der Waals surface area contributed by atoms with Gasteiger partial charge in [-0.1, -0.05) is 58.2 Å². The summed E-state index contributed by atoms with van der Waals surface area (Å²) in [4.78, 5) is 14.0. The number of pyridine rings is 2. The van der Waals surface area contributed by atoms with E-state index >= 15 is 0 Å². The van der Waals surface area contributed by atoms with E-state index in [-0.39, 0.29) is 5.41 Å². The van der Waals surface area contributed by atoms with Crippen molar-refractivity contribution in [1.29, 1.82) is 0 Å². The smallest absolute Gasteiger partial charge is 0.131 e. The van der Waals surface area contributed by atoms with Crippen LogP contribution in [0.4, 0.5) is 17.1 Å². The van der Waals surface area contributed by atoms with Crippen LogP contribution in [0.15, 0.2) is 85.2 Å². The molecule has 2 aromatic carbocycles. The molecule has 38 heavy (non-hydrogen) atoms. The first-order valence-electron chi connectivity index (χ1n) is 13.8. The van der Waals surface area contributed by atoms with Crippen molar-refractivity contribution in [1.82, 2.24) is 9.97 Å². The molecule has 0 unspecified atom stereocenters. The molecule has 2 aromatic heterocycles. The molecule has 1 aliphatic carbocycles. The fourth-order valence-corrected chi connectivity index (χ4v) is 5.66. The second kappa shape index (κ2) is 10.1. The minimum atomic E-state index is -0.0201. The summed E-state index contributed by atoms with van der Waals surface area (Å²) in [6.07, 6.45) is 10.1. The predicted octanol–water partition coefficient (Wildman–Crippen LogP) is 8.48. The lowest BCUT2D eigenvalue weighted by Gasteiger charge is -2.33. The van der Waals surface area contributed by atoms with Crippen LogP contribution in [0, 0.1) is 0 Å². The average Bonchev–Trinajstić information content (AvgIpc) is 3.33. The van der Waals surface area contributed by atoms with Crippen molar-refractivity contribution in [3.05, 3.63) is 90.8 Å². The normalized spacial score (nSPS) is 16.0. The number of ether oxygens (including phenoxy) is 1. The van der Waals surface area contributed by atoms with Crippen LogP contribution in [0.25, 0.3) is 11.4 Å². The SMILES string of the molecule is CC(C)(C)c1cc(Oc2ccnc(-c3ccccn3)c2)cc(N2CN(C3CCCCC3)c3ccccc32)c1. The summed E-state index contributed by atoms with van der Waals surface area (Å²) in [6, 6.07) is 25.9. The highest BCUT2D eigenvalue weighted by Gasteiger charge is 2.33. The average molecular weight is 505 g/mol. The van der Waals surface area contributed by atoms with Gasteiger partial charge in [-0.05, 0) is 66.3 Å². The third-order valence-corrected chi connectivity index (χ3v) is 7.75. The summed E-state index contributed by atoms with van der Waals surface area (Å²) in [7, 11) is 0. The summed E-state index contributed by atoms with van der Waals surface area (Å²) in [5.41, 5.74) is 6.64. The lowest BCUT2D eigenvalue weighted by Crippen LogP contribution is -2.38. The molecule has 0 N–H and O–H groups in total. The molecule has 0 amide bonds. The lowest BCUT2D eigenvalue weighted by atomic mass is 9.86. The number of hydrogen-bond acceptors (Lipinski definition) is 5. The maximum atomic E-state index is 6.50. The summed E-state index contributed by atoms with van der Waals surface area (Å²) in [5, 5.41) is 0. The van der Waals surface area contributed by atoms with Crippen LogP contribution in [0.5, 0.6) is 11.5 Å². The fourth-order valence-electron chi connectivity index (χ4n) is 5.66.